The monoisotopic (exact) mass is 256 g/mol. The van der Waals surface area contributed by atoms with Crippen LogP contribution in [0, 0.1) is 11.8 Å². The SMILES string of the molecule is CCn1ncc(Cl)c1C(NN)C1CCCC1C. The van der Waals surface area contributed by atoms with Crippen LogP contribution in [-0.2, 0) is 6.54 Å². The van der Waals surface area contributed by atoms with E-state index in [1.54, 1.807) is 6.20 Å². The normalized spacial score (nSPS) is 26.4. The smallest absolute Gasteiger partial charge is 0.0834 e. The van der Waals surface area contributed by atoms with Gasteiger partial charge in [-0.25, -0.2) is 0 Å². The summed E-state index contributed by atoms with van der Waals surface area (Å²) in [6.07, 6.45) is 5.48. The lowest BCUT2D eigenvalue weighted by Crippen LogP contribution is -2.36. The van der Waals surface area contributed by atoms with Gasteiger partial charge in [0.2, 0.25) is 0 Å². The minimum Gasteiger partial charge on any atom is -0.271 e. The molecule has 96 valence electrons. The number of aryl methyl sites for hydroxylation is 1. The average Bonchev–Trinajstić information content (AvgIpc) is 2.89. The maximum Gasteiger partial charge on any atom is 0.0834 e. The summed E-state index contributed by atoms with van der Waals surface area (Å²) in [4.78, 5) is 0. The molecule has 17 heavy (non-hydrogen) atoms. The predicted molar refractivity (Wildman–Crippen MR) is 69.5 cm³/mol. The first-order valence-corrected chi connectivity index (χ1v) is 6.74. The van der Waals surface area contributed by atoms with Crippen LogP contribution in [0.3, 0.4) is 0 Å². The molecule has 3 unspecified atom stereocenters. The predicted octanol–water partition coefficient (Wildman–Crippen LogP) is 2.50. The van der Waals surface area contributed by atoms with Crippen molar-refractivity contribution in [3.63, 3.8) is 0 Å². The second-order valence-corrected chi connectivity index (χ2v) is 5.32. The number of rotatable bonds is 4. The molecule has 0 bridgehead atoms. The van der Waals surface area contributed by atoms with Crippen LogP contribution in [0.2, 0.25) is 5.02 Å². The van der Waals surface area contributed by atoms with Crippen molar-refractivity contribution in [3.8, 4) is 0 Å². The fraction of sp³-hybridized carbons (Fsp3) is 0.750. The van der Waals surface area contributed by atoms with Crippen LogP contribution in [0.5, 0.6) is 0 Å². The highest BCUT2D eigenvalue weighted by atomic mass is 35.5. The van der Waals surface area contributed by atoms with Crippen molar-refractivity contribution < 1.29 is 0 Å². The first-order valence-electron chi connectivity index (χ1n) is 6.36. The van der Waals surface area contributed by atoms with Crippen LogP contribution in [0.15, 0.2) is 6.20 Å². The third-order valence-corrected chi connectivity index (χ3v) is 4.25. The molecule has 0 aliphatic heterocycles. The first kappa shape index (κ1) is 12.9. The Labute approximate surface area is 107 Å². The Morgan fingerprint density at radius 2 is 2.41 bits per heavy atom. The van der Waals surface area contributed by atoms with Gasteiger partial charge in [-0.3, -0.25) is 16.0 Å². The van der Waals surface area contributed by atoms with Crippen molar-refractivity contribution in [2.45, 2.75) is 45.7 Å². The van der Waals surface area contributed by atoms with Gasteiger partial charge in [0.15, 0.2) is 0 Å². The minimum atomic E-state index is 0.113. The van der Waals surface area contributed by atoms with Gasteiger partial charge in [0.25, 0.3) is 0 Å². The molecule has 3 atom stereocenters. The lowest BCUT2D eigenvalue weighted by molar-refractivity contribution is 0.290. The summed E-state index contributed by atoms with van der Waals surface area (Å²) in [6, 6.07) is 0.113. The van der Waals surface area contributed by atoms with Gasteiger partial charge in [0, 0.05) is 6.54 Å². The van der Waals surface area contributed by atoms with Crippen molar-refractivity contribution in [3.05, 3.63) is 16.9 Å². The number of hydrogen-bond donors (Lipinski definition) is 2. The highest BCUT2D eigenvalue weighted by Gasteiger charge is 2.34. The van der Waals surface area contributed by atoms with E-state index in [0.29, 0.717) is 16.9 Å². The molecule has 1 heterocycles. The van der Waals surface area contributed by atoms with Gasteiger partial charge in [-0.1, -0.05) is 31.4 Å². The van der Waals surface area contributed by atoms with E-state index in [9.17, 15) is 0 Å². The molecule has 1 aromatic heterocycles. The van der Waals surface area contributed by atoms with Gasteiger partial charge >= 0.3 is 0 Å². The molecule has 1 fully saturated rings. The number of nitrogens with one attached hydrogen (secondary N) is 1. The highest BCUT2D eigenvalue weighted by Crippen LogP contribution is 2.41. The maximum absolute atomic E-state index is 6.24. The molecule has 3 N–H and O–H groups in total. The topological polar surface area (TPSA) is 55.9 Å². The standard InChI is InChI=1S/C12H21ClN4/c1-3-17-12(10(13)7-15-17)11(16-14)9-6-4-5-8(9)2/h7-9,11,16H,3-6,14H2,1-2H3. The van der Waals surface area contributed by atoms with Gasteiger partial charge in [-0.05, 0) is 25.2 Å². The maximum atomic E-state index is 6.24. The molecule has 1 saturated carbocycles. The second-order valence-electron chi connectivity index (χ2n) is 4.91. The number of halogens is 1. The van der Waals surface area contributed by atoms with E-state index in [1.165, 1.54) is 19.3 Å². The van der Waals surface area contributed by atoms with Gasteiger partial charge in [0.1, 0.15) is 0 Å². The lowest BCUT2D eigenvalue weighted by atomic mass is 9.88. The third kappa shape index (κ3) is 2.34. The largest absolute Gasteiger partial charge is 0.271 e. The molecule has 1 aromatic rings. The Morgan fingerprint density at radius 1 is 1.65 bits per heavy atom. The summed E-state index contributed by atoms with van der Waals surface area (Å²) in [5.74, 6) is 6.99. The average molecular weight is 257 g/mol. The van der Waals surface area contributed by atoms with E-state index >= 15 is 0 Å². The molecule has 2 rings (SSSR count). The van der Waals surface area contributed by atoms with Crippen LogP contribution in [-0.4, -0.2) is 9.78 Å². The summed E-state index contributed by atoms with van der Waals surface area (Å²) in [5.41, 5.74) is 3.98. The quantitative estimate of drug-likeness (QED) is 0.643. The zero-order valence-corrected chi connectivity index (χ0v) is 11.2. The van der Waals surface area contributed by atoms with Crippen molar-refractivity contribution in [2.75, 3.05) is 0 Å². The van der Waals surface area contributed by atoms with Crippen molar-refractivity contribution >= 4 is 11.6 Å². The fourth-order valence-electron chi connectivity index (χ4n) is 3.01. The summed E-state index contributed by atoms with van der Waals surface area (Å²) in [6.45, 7) is 5.18. The molecule has 0 spiro atoms. The molecule has 0 amide bonds. The zero-order chi connectivity index (χ0) is 12.4. The Morgan fingerprint density at radius 3 is 2.94 bits per heavy atom. The van der Waals surface area contributed by atoms with E-state index < -0.39 is 0 Å². The number of aromatic nitrogens is 2. The van der Waals surface area contributed by atoms with Gasteiger partial charge in [0.05, 0.1) is 23.0 Å². The van der Waals surface area contributed by atoms with E-state index in [4.69, 9.17) is 17.4 Å². The molecule has 1 aliphatic carbocycles. The van der Waals surface area contributed by atoms with Crippen LogP contribution >= 0.6 is 11.6 Å². The fourth-order valence-corrected chi connectivity index (χ4v) is 3.27. The van der Waals surface area contributed by atoms with Crippen molar-refractivity contribution in [1.82, 2.24) is 15.2 Å². The molecule has 4 nitrogen and oxygen atoms in total. The summed E-state index contributed by atoms with van der Waals surface area (Å²) in [5, 5.41) is 5.01. The number of hydrogen-bond acceptors (Lipinski definition) is 3. The Hall–Kier alpha value is -0.580. The van der Waals surface area contributed by atoms with Gasteiger partial charge < -0.3 is 0 Å². The number of nitrogens with two attached hydrogens (primary N) is 1. The number of nitrogens with zero attached hydrogens (tertiary/aromatic N) is 2. The Bertz CT molecular complexity index is 377. The first-order chi connectivity index (χ1) is 8.19. The van der Waals surface area contributed by atoms with E-state index in [2.05, 4.69) is 24.4 Å². The Balaban J connectivity index is 2.31. The molecule has 0 aromatic carbocycles. The summed E-state index contributed by atoms with van der Waals surface area (Å²) >= 11 is 6.24. The highest BCUT2D eigenvalue weighted by molar-refractivity contribution is 6.31. The zero-order valence-electron chi connectivity index (χ0n) is 10.5. The second kappa shape index (κ2) is 5.38. The van der Waals surface area contributed by atoms with Crippen molar-refractivity contribution in [1.29, 1.82) is 0 Å². The molecule has 5 heteroatoms. The van der Waals surface area contributed by atoms with E-state index in [1.807, 2.05) is 4.68 Å². The molecular weight excluding hydrogens is 236 g/mol. The van der Waals surface area contributed by atoms with Crippen LogP contribution in [0.25, 0.3) is 0 Å². The molecular formula is C12H21ClN4. The Kier molecular flexibility index (Phi) is 4.07. The molecule has 0 saturated heterocycles. The van der Waals surface area contributed by atoms with E-state index in [-0.39, 0.29) is 6.04 Å². The summed E-state index contributed by atoms with van der Waals surface area (Å²) in [7, 11) is 0. The molecule has 1 aliphatic rings. The molecule has 0 radical (unpaired) electrons. The third-order valence-electron chi connectivity index (χ3n) is 3.96. The van der Waals surface area contributed by atoms with E-state index in [0.717, 1.165) is 12.2 Å². The minimum absolute atomic E-state index is 0.113. The summed E-state index contributed by atoms with van der Waals surface area (Å²) < 4.78 is 1.94. The van der Waals surface area contributed by atoms with Crippen LogP contribution in [0.1, 0.15) is 44.8 Å². The van der Waals surface area contributed by atoms with Crippen molar-refractivity contribution in [2.24, 2.45) is 17.7 Å². The van der Waals surface area contributed by atoms with Crippen LogP contribution in [0.4, 0.5) is 0 Å². The van der Waals surface area contributed by atoms with Gasteiger partial charge in [-0.15, -0.1) is 0 Å². The van der Waals surface area contributed by atoms with Gasteiger partial charge in [-0.2, -0.15) is 5.10 Å². The lowest BCUT2D eigenvalue weighted by Gasteiger charge is -2.27. The van der Waals surface area contributed by atoms with Crippen LogP contribution < -0.4 is 11.3 Å². The number of hydrazine groups is 1.